The SMILES string of the molecule is CCOC(=O)[C@@H]1[C@H](c2cc(OC)c(OC)c(OC)c2)NC(=S)N[C@]1(O)C(F)(F)F. The zero-order valence-electron chi connectivity index (χ0n) is 16.0. The van der Waals surface area contributed by atoms with Crippen LogP contribution in [-0.4, -0.2) is 56.0 Å². The maximum Gasteiger partial charge on any atom is 0.437 e. The molecule has 0 amide bonds. The van der Waals surface area contributed by atoms with Gasteiger partial charge in [-0.3, -0.25) is 4.79 Å². The number of ether oxygens (including phenoxy) is 4. The van der Waals surface area contributed by atoms with Crippen LogP contribution in [0.5, 0.6) is 17.2 Å². The van der Waals surface area contributed by atoms with Gasteiger partial charge in [0.1, 0.15) is 5.92 Å². The highest BCUT2D eigenvalue weighted by Gasteiger charge is 2.66. The van der Waals surface area contributed by atoms with Crippen molar-refractivity contribution in [2.45, 2.75) is 24.9 Å². The molecule has 162 valence electrons. The summed E-state index contributed by atoms with van der Waals surface area (Å²) in [5.74, 6) is -2.91. The molecule has 2 rings (SSSR count). The van der Waals surface area contributed by atoms with E-state index >= 15 is 0 Å². The van der Waals surface area contributed by atoms with Gasteiger partial charge in [-0.25, -0.2) is 0 Å². The van der Waals surface area contributed by atoms with E-state index in [-0.39, 0.29) is 29.4 Å². The van der Waals surface area contributed by atoms with E-state index in [1.165, 1.54) is 40.4 Å². The third-order valence-corrected chi connectivity index (χ3v) is 4.61. The molecule has 1 aliphatic heterocycles. The highest BCUT2D eigenvalue weighted by Crippen LogP contribution is 2.46. The van der Waals surface area contributed by atoms with Crippen molar-refractivity contribution >= 4 is 23.3 Å². The number of hydrogen-bond donors (Lipinski definition) is 3. The van der Waals surface area contributed by atoms with Gasteiger partial charge in [0, 0.05) is 0 Å². The molecule has 3 atom stereocenters. The second-order valence-corrected chi connectivity index (χ2v) is 6.44. The lowest BCUT2D eigenvalue weighted by atomic mass is 9.82. The van der Waals surface area contributed by atoms with Gasteiger partial charge in [-0.1, -0.05) is 0 Å². The maximum atomic E-state index is 13.8. The third-order valence-electron chi connectivity index (χ3n) is 4.39. The molecule has 3 N–H and O–H groups in total. The molecular weight excluding hydrogens is 417 g/mol. The molecule has 1 aromatic carbocycles. The first-order chi connectivity index (χ1) is 13.5. The van der Waals surface area contributed by atoms with Crippen molar-refractivity contribution in [3.8, 4) is 17.2 Å². The Bertz CT molecular complexity index is 766. The quantitative estimate of drug-likeness (QED) is 0.453. The van der Waals surface area contributed by atoms with Crippen LogP contribution in [0, 0.1) is 5.92 Å². The average molecular weight is 438 g/mol. The standard InChI is InChI=1S/C17H21F3N2O6S/c1-5-28-14(23)11-12(21-15(29)22-16(11,24)17(18,19)20)8-6-9(25-2)13(27-4)10(7-8)26-3/h6-7,11-12,24H,5H2,1-4H3,(H2,21,22,29)/t11-,12-,16+/m0/s1. The monoisotopic (exact) mass is 438 g/mol. The van der Waals surface area contributed by atoms with E-state index in [2.05, 4.69) is 5.32 Å². The van der Waals surface area contributed by atoms with Crippen molar-refractivity contribution in [3.05, 3.63) is 17.7 Å². The summed E-state index contributed by atoms with van der Waals surface area (Å²) in [6, 6.07) is 1.30. The van der Waals surface area contributed by atoms with Gasteiger partial charge >= 0.3 is 12.1 Å². The number of methoxy groups -OCH3 is 3. The first-order valence-electron chi connectivity index (χ1n) is 8.38. The Balaban J connectivity index is 2.70. The van der Waals surface area contributed by atoms with Crippen LogP contribution < -0.4 is 24.8 Å². The minimum absolute atomic E-state index is 0.129. The number of aliphatic hydroxyl groups is 1. The highest BCUT2D eigenvalue weighted by atomic mass is 32.1. The van der Waals surface area contributed by atoms with Gasteiger partial charge in [0.25, 0.3) is 5.72 Å². The first kappa shape index (κ1) is 22.8. The number of alkyl halides is 3. The molecule has 0 aromatic heterocycles. The number of esters is 1. The van der Waals surface area contributed by atoms with Crippen molar-refractivity contribution < 1.29 is 42.0 Å². The molecule has 0 bridgehead atoms. The van der Waals surface area contributed by atoms with Gasteiger partial charge in [0.2, 0.25) is 5.75 Å². The summed E-state index contributed by atoms with van der Waals surface area (Å²) in [6.07, 6.45) is -5.24. The molecule has 12 heteroatoms. The van der Waals surface area contributed by atoms with Crippen LogP contribution in [-0.2, 0) is 9.53 Å². The van der Waals surface area contributed by atoms with Gasteiger partial charge in [0.15, 0.2) is 16.6 Å². The van der Waals surface area contributed by atoms with Crippen molar-refractivity contribution in [1.29, 1.82) is 0 Å². The minimum atomic E-state index is -5.24. The molecule has 0 radical (unpaired) electrons. The Morgan fingerprint density at radius 2 is 1.76 bits per heavy atom. The van der Waals surface area contributed by atoms with Gasteiger partial charge in [-0.15, -0.1) is 0 Å². The van der Waals surface area contributed by atoms with Crippen LogP contribution in [0.4, 0.5) is 13.2 Å². The van der Waals surface area contributed by atoms with Crippen LogP contribution >= 0.6 is 12.2 Å². The second-order valence-electron chi connectivity index (χ2n) is 6.03. The summed E-state index contributed by atoms with van der Waals surface area (Å²) < 4.78 is 61.8. The summed E-state index contributed by atoms with van der Waals surface area (Å²) >= 11 is 4.85. The number of nitrogens with one attached hydrogen (secondary N) is 2. The molecule has 29 heavy (non-hydrogen) atoms. The van der Waals surface area contributed by atoms with E-state index in [9.17, 15) is 23.1 Å². The summed E-state index contributed by atoms with van der Waals surface area (Å²) in [4.78, 5) is 12.5. The maximum absolute atomic E-state index is 13.8. The molecular formula is C17H21F3N2O6S. The Hall–Kier alpha value is -2.47. The lowest BCUT2D eigenvalue weighted by Crippen LogP contribution is -2.73. The van der Waals surface area contributed by atoms with E-state index in [1.807, 2.05) is 0 Å². The number of halogens is 3. The number of hydrogen-bond acceptors (Lipinski definition) is 7. The van der Waals surface area contributed by atoms with E-state index in [1.54, 1.807) is 5.32 Å². The van der Waals surface area contributed by atoms with Gasteiger partial charge in [-0.2, -0.15) is 13.2 Å². The molecule has 1 fully saturated rings. The number of thiocarbonyl (C=S) groups is 1. The summed E-state index contributed by atoms with van der Waals surface area (Å²) in [5.41, 5.74) is -3.53. The van der Waals surface area contributed by atoms with Crippen LogP contribution in [0.3, 0.4) is 0 Å². The fourth-order valence-electron chi connectivity index (χ4n) is 3.10. The van der Waals surface area contributed by atoms with E-state index < -0.39 is 34.9 Å². The molecule has 0 aliphatic carbocycles. The van der Waals surface area contributed by atoms with Crippen LogP contribution in [0.15, 0.2) is 12.1 Å². The molecule has 0 spiro atoms. The lowest BCUT2D eigenvalue weighted by molar-refractivity contribution is -0.292. The molecule has 1 heterocycles. The van der Waals surface area contributed by atoms with Gasteiger partial charge < -0.3 is 34.7 Å². The predicted octanol–water partition coefficient (Wildman–Crippen LogP) is 1.66. The molecule has 1 aromatic rings. The van der Waals surface area contributed by atoms with Crippen LogP contribution in [0.25, 0.3) is 0 Å². The van der Waals surface area contributed by atoms with E-state index in [0.29, 0.717) is 0 Å². The fraction of sp³-hybridized carbons (Fsp3) is 0.529. The van der Waals surface area contributed by atoms with Gasteiger partial charge in [0.05, 0.1) is 34.0 Å². The average Bonchev–Trinajstić information content (AvgIpc) is 2.65. The van der Waals surface area contributed by atoms with Crippen molar-refractivity contribution in [2.75, 3.05) is 27.9 Å². The van der Waals surface area contributed by atoms with Crippen molar-refractivity contribution in [2.24, 2.45) is 5.92 Å². The molecule has 1 saturated heterocycles. The lowest BCUT2D eigenvalue weighted by Gasteiger charge is -2.45. The minimum Gasteiger partial charge on any atom is -0.493 e. The topological polar surface area (TPSA) is 98.3 Å². The van der Waals surface area contributed by atoms with Gasteiger partial charge in [-0.05, 0) is 36.8 Å². The smallest absolute Gasteiger partial charge is 0.437 e. The normalized spacial score (nSPS) is 24.2. The first-order valence-corrected chi connectivity index (χ1v) is 8.79. The predicted molar refractivity (Wildman–Crippen MR) is 98.8 cm³/mol. The highest BCUT2D eigenvalue weighted by molar-refractivity contribution is 7.80. The fourth-order valence-corrected chi connectivity index (χ4v) is 3.38. The second kappa shape index (κ2) is 8.49. The Morgan fingerprint density at radius 1 is 1.21 bits per heavy atom. The summed E-state index contributed by atoms with van der Waals surface area (Å²) in [7, 11) is 4.02. The zero-order valence-corrected chi connectivity index (χ0v) is 16.9. The number of carbonyl (C=O) groups is 1. The van der Waals surface area contributed by atoms with Crippen molar-refractivity contribution in [1.82, 2.24) is 10.6 Å². The van der Waals surface area contributed by atoms with Crippen molar-refractivity contribution in [3.63, 3.8) is 0 Å². The third kappa shape index (κ3) is 4.13. The Morgan fingerprint density at radius 3 is 2.17 bits per heavy atom. The van der Waals surface area contributed by atoms with E-state index in [4.69, 9.17) is 31.2 Å². The molecule has 0 unspecified atom stereocenters. The molecule has 8 nitrogen and oxygen atoms in total. The van der Waals surface area contributed by atoms with Crippen LogP contribution in [0.2, 0.25) is 0 Å². The van der Waals surface area contributed by atoms with Crippen LogP contribution in [0.1, 0.15) is 18.5 Å². The number of rotatable bonds is 6. The zero-order chi connectivity index (χ0) is 22.0. The Kier molecular flexibility index (Phi) is 6.68. The summed E-state index contributed by atoms with van der Waals surface area (Å²) in [6.45, 7) is 1.25. The number of carbonyl (C=O) groups excluding carboxylic acids is 1. The summed E-state index contributed by atoms with van der Waals surface area (Å²) in [5, 5.41) is 14.3. The van der Waals surface area contributed by atoms with E-state index in [0.717, 1.165) is 0 Å². The number of benzene rings is 1. The largest absolute Gasteiger partial charge is 0.493 e. The molecule has 0 saturated carbocycles. The molecule has 1 aliphatic rings. The Labute approximate surface area is 170 Å².